The maximum Gasteiger partial charge on any atom is 0.233 e. The van der Waals surface area contributed by atoms with Gasteiger partial charge in [0.05, 0.1) is 17.3 Å². The summed E-state index contributed by atoms with van der Waals surface area (Å²) in [6.07, 6.45) is 5.89. The molecule has 0 radical (unpaired) electrons. The van der Waals surface area contributed by atoms with Crippen LogP contribution in [-0.2, 0) is 14.6 Å². The van der Waals surface area contributed by atoms with E-state index in [1.54, 1.807) is 0 Å². The maximum atomic E-state index is 13.2. The molecule has 0 spiro atoms. The monoisotopic (exact) mass is 494 g/mol. The van der Waals surface area contributed by atoms with Crippen LogP contribution >= 0.6 is 23.1 Å². The van der Waals surface area contributed by atoms with E-state index in [4.69, 9.17) is 0 Å². The third kappa shape index (κ3) is 5.82. The third-order valence-corrected chi connectivity index (χ3v) is 10.0. The summed E-state index contributed by atoms with van der Waals surface area (Å²) in [6, 6.07) is 6.12. The van der Waals surface area contributed by atoms with Gasteiger partial charge in [0, 0.05) is 17.8 Å². The second-order valence-corrected chi connectivity index (χ2v) is 13.2. The van der Waals surface area contributed by atoms with Gasteiger partial charge in [-0.25, -0.2) is 8.42 Å². The predicted molar refractivity (Wildman–Crippen MR) is 131 cm³/mol. The third-order valence-electron chi connectivity index (χ3n) is 6.34. The van der Waals surface area contributed by atoms with Crippen LogP contribution < -0.4 is 5.32 Å². The molecule has 2 aliphatic rings. The van der Waals surface area contributed by atoms with Crippen LogP contribution in [0, 0.1) is 13.8 Å². The van der Waals surface area contributed by atoms with Gasteiger partial charge in [-0.1, -0.05) is 48.4 Å². The van der Waals surface area contributed by atoms with E-state index >= 15 is 0 Å². The summed E-state index contributed by atoms with van der Waals surface area (Å²) in [5.74, 6) is 0.558. The fourth-order valence-electron chi connectivity index (χ4n) is 4.52. The molecule has 174 valence electrons. The van der Waals surface area contributed by atoms with E-state index in [-0.39, 0.29) is 35.2 Å². The van der Waals surface area contributed by atoms with Gasteiger partial charge in [-0.05, 0) is 56.4 Å². The number of carbonyl (C=O) groups excluding carboxylic acids is 1. The van der Waals surface area contributed by atoms with Gasteiger partial charge in [-0.15, -0.1) is 10.2 Å². The van der Waals surface area contributed by atoms with Crippen LogP contribution in [0.25, 0.3) is 0 Å². The standard InChI is InChI=1S/C22H30N4O3S3/c1-15-8-9-17(12-16(15)2)23-21-24-25-22(31-21)30-13-20(27)26(18-6-4-3-5-7-18)19-10-11-32(28,29)14-19/h8-9,12,18-19H,3-7,10-11,13-14H2,1-2H3,(H,23,24). The Kier molecular flexibility index (Phi) is 7.41. The van der Waals surface area contributed by atoms with Gasteiger partial charge in [0.1, 0.15) is 0 Å². The molecular weight excluding hydrogens is 464 g/mol. The number of benzene rings is 1. The number of anilines is 2. The van der Waals surface area contributed by atoms with Crippen molar-refractivity contribution in [2.45, 2.75) is 68.8 Å². The van der Waals surface area contributed by atoms with Crippen molar-refractivity contribution < 1.29 is 13.2 Å². The average Bonchev–Trinajstić information content (AvgIpc) is 3.36. The summed E-state index contributed by atoms with van der Waals surface area (Å²) in [5, 5.41) is 12.4. The van der Waals surface area contributed by atoms with Crippen LogP contribution in [0.1, 0.15) is 49.7 Å². The van der Waals surface area contributed by atoms with Gasteiger partial charge >= 0.3 is 0 Å². The molecule has 1 aromatic heterocycles. The first-order valence-corrected chi connectivity index (χ1v) is 14.8. The average molecular weight is 495 g/mol. The van der Waals surface area contributed by atoms with Crippen molar-refractivity contribution >= 4 is 49.7 Å². The van der Waals surface area contributed by atoms with Crippen LogP contribution in [0.2, 0.25) is 0 Å². The first-order chi connectivity index (χ1) is 15.3. The zero-order chi connectivity index (χ0) is 22.7. The molecule has 1 unspecified atom stereocenters. The summed E-state index contributed by atoms with van der Waals surface area (Å²) in [7, 11) is -3.04. The fraction of sp³-hybridized carbons (Fsp3) is 0.591. The van der Waals surface area contributed by atoms with Crippen molar-refractivity contribution in [1.82, 2.24) is 15.1 Å². The topological polar surface area (TPSA) is 92.3 Å². The Balaban J connectivity index is 1.39. The minimum Gasteiger partial charge on any atom is -0.335 e. The molecule has 1 saturated heterocycles. The quantitative estimate of drug-likeness (QED) is 0.573. The van der Waals surface area contributed by atoms with Crippen LogP contribution in [-0.4, -0.2) is 58.8 Å². The molecule has 0 bridgehead atoms. The lowest BCUT2D eigenvalue weighted by atomic mass is 9.93. The number of amides is 1. The molecule has 1 saturated carbocycles. The van der Waals surface area contributed by atoms with Crippen molar-refractivity contribution in [1.29, 1.82) is 0 Å². The normalized spacial score (nSPS) is 20.9. The van der Waals surface area contributed by atoms with Gasteiger partial charge in [-0.3, -0.25) is 4.79 Å². The number of rotatable bonds is 7. The molecular formula is C22H30N4O3S3. The lowest BCUT2D eigenvalue weighted by Crippen LogP contribution is -2.49. The number of sulfone groups is 1. The number of aryl methyl sites for hydroxylation is 2. The molecule has 10 heteroatoms. The van der Waals surface area contributed by atoms with Crippen molar-refractivity contribution in [2.24, 2.45) is 0 Å². The molecule has 1 amide bonds. The van der Waals surface area contributed by atoms with Crippen molar-refractivity contribution in [3.63, 3.8) is 0 Å². The van der Waals surface area contributed by atoms with E-state index in [2.05, 4.69) is 41.5 Å². The number of hydrogen-bond acceptors (Lipinski definition) is 8. The molecule has 1 aliphatic carbocycles. The van der Waals surface area contributed by atoms with Crippen molar-refractivity contribution in [3.8, 4) is 0 Å². The molecule has 1 aliphatic heterocycles. The first-order valence-electron chi connectivity index (χ1n) is 11.1. The van der Waals surface area contributed by atoms with E-state index in [9.17, 15) is 13.2 Å². The summed E-state index contributed by atoms with van der Waals surface area (Å²) in [4.78, 5) is 15.1. The second kappa shape index (κ2) is 10.1. The molecule has 1 N–H and O–H groups in total. The minimum atomic E-state index is -3.04. The molecule has 32 heavy (non-hydrogen) atoms. The fourth-order valence-corrected chi connectivity index (χ4v) is 7.87. The molecule has 1 atom stereocenters. The van der Waals surface area contributed by atoms with Crippen LogP contribution in [0.3, 0.4) is 0 Å². The number of nitrogens with one attached hydrogen (secondary N) is 1. The Morgan fingerprint density at radius 3 is 2.59 bits per heavy atom. The second-order valence-electron chi connectivity index (χ2n) is 8.74. The van der Waals surface area contributed by atoms with E-state index in [0.29, 0.717) is 11.6 Å². The van der Waals surface area contributed by atoms with Crippen molar-refractivity contribution in [3.05, 3.63) is 29.3 Å². The van der Waals surface area contributed by atoms with E-state index in [1.165, 1.54) is 40.6 Å². The Bertz CT molecular complexity index is 1060. The Hall–Kier alpha value is -1.65. The smallest absolute Gasteiger partial charge is 0.233 e. The van der Waals surface area contributed by atoms with Crippen LogP contribution in [0.15, 0.2) is 22.5 Å². The highest BCUT2D eigenvalue weighted by Crippen LogP contribution is 2.32. The maximum absolute atomic E-state index is 13.2. The highest BCUT2D eigenvalue weighted by Gasteiger charge is 2.38. The number of hydrogen-bond donors (Lipinski definition) is 1. The largest absolute Gasteiger partial charge is 0.335 e. The van der Waals surface area contributed by atoms with Crippen molar-refractivity contribution in [2.75, 3.05) is 22.6 Å². The lowest BCUT2D eigenvalue weighted by Gasteiger charge is -2.38. The summed E-state index contributed by atoms with van der Waals surface area (Å²) in [6.45, 7) is 4.15. The van der Waals surface area contributed by atoms with E-state index < -0.39 is 9.84 Å². The highest BCUT2D eigenvalue weighted by atomic mass is 32.2. The molecule has 1 aromatic carbocycles. The Labute approximate surface area is 198 Å². The Morgan fingerprint density at radius 1 is 1.12 bits per heavy atom. The number of thioether (sulfide) groups is 1. The zero-order valence-corrected chi connectivity index (χ0v) is 21.0. The SMILES string of the molecule is Cc1ccc(Nc2nnc(SCC(=O)N(C3CCCCC3)C3CCS(=O)(=O)C3)s2)cc1C. The van der Waals surface area contributed by atoms with Gasteiger partial charge in [0.15, 0.2) is 14.2 Å². The van der Waals surface area contributed by atoms with E-state index in [1.807, 2.05) is 11.0 Å². The Morgan fingerprint density at radius 2 is 1.91 bits per heavy atom. The zero-order valence-electron chi connectivity index (χ0n) is 18.5. The summed E-state index contributed by atoms with van der Waals surface area (Å²) in [5.41, 5.74) is 3.40. The molecule has 2 heterocycles. The lowest BCUT2D eigenvalue weighted by molar-refractivity contribution is -0.133. The predicted octanol–water partition coefficient (Wildman–Crippen LogP) is 4.34. The number of aromatic nitrogens is 2. The highest BCUT2D eigenvalue weighted by molar-refractivity contribution is 8.01. The summed E-state index contributed by atoms with van der Waals surface area (Å²) < 4.78 is 24.8. The van der Waals surface area contributed by atoms with E-state index in [0.717, 1.165) is 35.7 Å². The number of nitrogens with zero attached hydrogens (tertiary/aromatic N) is 3. The molecule has 4 rings (SSSR count). The van der Waals surface area contributed by atoms with Crippen LogP contribution in [0.5, 0.6) is 0 Å². The number of carbonyl (C=O) groups is 1. The van der Waals surface area contributed by atoms with Gasteiger partial charge in [0.25, 0.3) is 0 Å². The molecule has 2 aromatic rings. The molecule has 7 nitrogen and oxygen atoms in total. The first kappa shape index (κ1) is 23.5. The van der Waals surface area contributed by atoms with Gasteiger partial charge < -0.3 is 10.2 Å². The van der Waals surface area contributed by atoms with Gasteiger partial charge in [-0.2, -0.15) is 0 Å². The summed E-state index contributed by atoms with van der Waals surface area (Å²) >= 11 is 2.80. The minimum absolute atomic E-state index is 0.0165. The van der Waals surface area contributed by atoms with Gasteiger partial charge in [0.2, 0.25) is 11.0 Å². The molecule has 2 fully saturated rings. The van der Waals surface area contributed by atoms with Crippen LogP contribution in [0.4, 0.5) is 10.8 Å².